The van der Waals surface area contributed by atoms with Gasteiger partial charge in [-0.15, -0.1) is 0 Å². The van der Waals surface area contributed by atoms with Gasteiger partial charge in [-0.05, 0) is 12.1 Å². The number of nitrogens with one attached hydrogen (secondary N) is 1. The molecule has 112 valence electrons. The Balaban J connectivity index is 1.72. The van der Waals surface area contributed by atoms with Gasteiger partial charge in [0.25, 0.3) is 0 Å². The third-order valence-corrected chi connectivity index (χ3v) is 3.90. The van der Waals surface area contributed by atoms with E-state index in [1.807, 2.05) is 12.1 Å². The summed E-state index contributed by atoms with van der Waals surface area (Å²) in [6.45, 7) is 3.01. The van der Waals surface area contributed by atoms with Gasteiger partial charge in [-0.1, -0.05) is 17.7 Å². The second-order valence-electron chi connectivity index (χ2n) is 5.02. The predicted octanol–water partition coefficient (Wildman–Crippen LogP) is 1.62. The average Bonchev–Trinajstić information content (AvgIpc) is 2.55. The SMILES string of the molecule is N#Cc1cnc(N2CCN(c3cccc(=O)[nH]3)CC2)c(Cl)c1. The number of rotatable bonds is 2. The largest absolute Gasteiger partial charge is 0.355 e. The summed E-state index contributed by atoms with van der Waals surface area (Å²) in [4.78, 5) is 22.7. The molecule has 6 nitrogen and oxygen atoms in total. The fourth-order valence-corrected chi connectivity index (χ4v) is 2.79. The van der Waals surface area contributed by atoms with E-state index in [0.29, 0.717) is 16.4 Å². The lowest BCUT2D eigenvalue weighted by molar-refractivity contribution is 0.641. The highest BCUT2D eigenvalue weighted by atomic mass is 35.5. The molecule has 7 heteroatoms. The number of halogens is 1. The van der Waals surface area contributed by atoms with Crippen LogP contribution in [0.3, 0.4) is 0 Å². The van der Waals surface area contributed by atoms with E-state index >= 15 is 0 Å². The first-order valence-electron chi connectivity index (χ1n) is 6.92. The van der Waals surface area contributed by atoms with Gasteiger partial charge in [-0.2, -0.15) is 5.26 Å². The third kappa shape index (κ3) is 2.90. The van der Waals surface area contributed by atoms with Crippen molar-refractivity contribution in [2.45, 2.75) is 0 Å². The van der Waals surface area contributed by atoms with Crippen LogP contribution in [0.2, 0.25) is 5.02 Å². The Bertz CT molecular complexity index is 774. The van der Waals surface area contributed by atoms with E-state index in [1.54, 1.807) is 12.1 Å². The minimum absolute atomic E-state index is 0.100. The Morgan fingerprint density at radius 1 is 1.23 bits per heavy atom. The van der Waals surface area contributed by atoms with Gasteiger partial charge < -0.3 is 14.8 Å². The number of aromatic nitrogens is 2. The molecule has 2 aromatic heterocycles. The van der Waals surface area contributed by atoms with Crippen LogP contribution < -0.4 is 15.4 Å². The molecule has 0 aromatic carbocycles. The molecule has 0 amide bonds. The molecule has 1 aliphatic heterocycles. The Morgan fingerprint density at radius 3 is 2.59 bits per heavy atom. The number of aromatic amines is 1. The maximum Gasteiger partial charge on any atom is 0.249 e. The van der Waals surface area contributed by atoms with Crippen molar-refractivity contribution >= 4 is 23.2 Å². The molecule has 0 atom stereocenters. The van der Waals surface area contributed by atoms with Crippen molar-refractivity contribution in [3.8, 4) is 6.07 Å². The van der Waals surface area contributed by atoms with Gasteiger partial charge in [0, 0.05) is 38.4 Å². The quantitative estimate of drug-likeness (QED) is 0.911. The lowest BCUT2D eigenvalue weighted by Gasteiger charge is -2.36. The molecule has 0 aliphatic carbocycles. The number of anilines is 2. The van der Waals surface area contributed by atoms with E-state index < -0.39 is 0 Å². The van der Waals surface area contributed by atoms with Crippen LogP contribution in [0, 0.1) is 11.3 Å². The fraction of sp³-hybridized carbons (Fsp3) is 0.267. The van der Waals surface area contributed by atoms with Crippen molar-refractivity contribution < 1.29 is 0 Å². The molecular formula is C15H14ClN5O. The van der Waals surface area contributed by atoms with E-state index in [9.17, 15) is 4.79 Å². The van der Waals surface area contributed by atoms with Crippen LogP contribution in [0.15, 0.2) is 35.3 Å². The molecule has 3 rings (SSSR count). The van der Waals surface area contributed by atoms with Crippen molar-refractivity contribution in [1.82, 2.24) is 9.97 Å². The second-order valence-corrected chi connectivity index (χ2v) is 5.42. The number of piperazine rings is 1. The highest BCUT2D eigenvalue weighted by Gasteiger charge is 2.20. The zero-order chi connectivity index (χ0) is 15.5. The number of pyridine rings is 2. The molecule has 2 aromatic rings. The van der Waals surface area contributed by atoms with Crippen LogP contribution >= 0.6 is 11.6 Å². The lowest BCUT2D eigenvalue weighted by Crippen LogP contribution is -2.47. The summed E-state index contributed by atoms with van der Waals surface area (Å²) in [5.41, 5.74) is 0.353. The Morgan fingerprint density at radius 2 is 1.95 bits per heavy atom. The topological polar surface area (TPSA) is 76.0 Å². The summed E-state index contributed by atoms with van der Waals surface area (Å²) in [6.07, 6.45) is 1.53. The third-order valence-electron chi connectivity index (χ3n) is 3.62. The molecule has 1 fully saturated rings. The molecule has 1 saturated heterocycles. The number of nitrogens with zero attached hydrogens (tertiary/aromatic N) is 4. The summed E-state index contributed by atoms with van der Waals surface area (Å²) < 4.78 is 0. The molecule has 0 bridgehead atoms. The summed E-state index contributed by atoms with van der Waals surface area (Å²) in [6, 6.07) is 8.80. The maximum atomic E-state index is 11.4. The first-order valence-corrected chi connectivity index (χ1v) is 7.30. The standard InChI is InChI=1S/C15H14ClN5O/c16-12-8-11(9-17)10-18-15(12)21-6-4-20(5-7-21)13-2-1-3-14(22)19-13/h1-3,8,10H,4-7H2,(H,19,22). The predicted molar refractivity (Wildman–Crippen MR) is 85.5 cm³/mol. The summed E-state index contributed by atoms with van der Waals surface area (Å²) in [7, 11) is 0. The van der Waals surface area contributed by atoms with Crippen molar-refractivity contribution in [3.05, 3.63) is 51.4 Å². The van der Waals surface area contributed by atoms with E-state index in [1.165, 1.54) is 12.3 Å². The summed E-state index contributed by atoms with van der Waals surface area (Å²) in [5.74, 6) is 1.52. The van der Waals surface area contributed by atoms with Gasteiger partial charge in [0.05, 0.1) is 10.6 Å². The number of hydrogen-bond donors (Lipinski definition) is 1. The van der Waals surface area contributed by atoms with Crippen LogP contribution in [0.1, 0.15) is 5.56 Å². The summed E-state index contributed by atoms with van der Waals surface area (Å²) in [5, 5.41) is 9.34. The van der Waals surface area contributed by atoms with Crippen LogP contribution in [-0.2, 0) is 0 Å². The highest BCUT2D eigenvalue weighted by Crippen LogP contribution is 2.25. The lowest BCUT2D eigenvalue weighted by atomic mass is 10.2. The Hall–Kier alpha value is -2.52. The molecule has 0 saturated carbocycles. The molecule has 0 spiro atoms. The maximum absolute atomic E-state index is 11.4. The van der Waals surface area contributed by atoms with Gasteiger partial charge >= 0.3 is 0 Å². The van der Waals surface area contributed by atoms with Crippen LogP contribution in [0.4, 0.5) is 11.6 Å². The van der Waals surface area contributed by atoms with Crippen molar-refractivity contribution in [2.24, 2.45) is 0 Å². The van der Waals surface area contributed by atoms with Gasteiger partial charge in [-0.25, -0.2) is 4.98 Å². The Labute approximate surface area is 132 Å². The molecule has 22 heavy (non-hydrogen) atoms. The van der Waals surface area contributed by atoms with Crippen molar-refractivity contribution in [3.63, 3.8) is 0 Å². The van der Waals surface area contributed by atoms with E-state index in [0.717, 1.165) is 32.0 Å². The van der Waals surface area contributed by atoms with Crippen molar-refractivity contribution in [2.75, 3.05) is 36.0 Å². The number of H-pyrrole nitrogens is 1. The fourth-order valence-electron chi connectivity index (χ4n) is 2.50. The molecular weight excluding hydrogens is 302 g/mol. The Kier molecular flexibility index (Phi) is 3.98. The first kappa shape index (κ1) is 14.4. The average molecular weight is 316 g/mol. The zero-order valence-corrected chi connectivity index (χ0v) is 12.5. The van der Waals surface area contributed by atoms with E-state index in [2.05, 4.69) is 19.8 Å². The van der Waals surface area contributed by atoms with Gasteiger partial charge in [-0.3, -0.25) is 4.79 Å². The van der Waals surface area contributed by atoms with Crippen LogP contribution in [-0.4, -0.2) is 36.1 Å². The monoisotopic (exact) mass is 315 g/mol. The first-order chi connectivity index (χ1) is 10.7. The number of nitriles is 1. The molecule has 1 N–H and O–H groups in total. The molecule has 0 unspecified atom stereocenters. The van der Waals surface area contributed by atoms with Crippen LogP contribution in [0.25, 0.3) is 0 Å². The summed E-state index contributed by atoms with van der Waals surface area (Å²) >= 11 is 6.20. The van der Waals surface area contributed by atoms with Crippen LogP contribution in [0.5, 0.6) is 0 Å². The van der Waals surface area contributed by atoms with Gasteiger partial charge in [0.2, 0.25) is 5.56 Å². The molecule has 0 radical (unpaired) electrons. The molecule has 3 heterocycles. The number of hydrogen-bond acceptors (Lipinski definition) is 5. The zero-order valence-electron chi connectivity index (χ0n) is 11.8. The normalized spacial score (nSPS) is 14.7. The van der Waals surface area contributed by atoms with Gasteiger partial charge in [0.1, 0.15) is 17.7 Å². The van der Waals surface area contributed by atoms with Gasteiger partial charge in [0.15, 0.2) is 0 Å². The van der Waals surface area contributed by atoms with E-state index in [4.69, 9.17) is 16.9 Å². The molecule has 1 aliphatic rings. The van der Waals surface area contributed by atoms with Crippen molar-refractivity contribution in [1.29, 1.82) is 5.26 Å². The van der Waals surface area contributed by atoms with E-state index in [-0.39, 0.29) is 5.56 Å². The minimum atomic E-state index is -0.100. The minimum Gasteiger partial charge on any atom is -0.355 e. The highest BCUT2D eigenvalue weighted by molar-refractivity contribution is 6.33. The smallest absolute Gasteiger partial charge is 0.249 e. The second kappa shape index (κ2) is 6.08.